The third-order valence-electron chi connectivity index (χ3n) is 11.2. The van der Waals surface area contributed by atoms with Gasteiger partial charge < -0.3 is 10.2 Å². The van der Waals surface area contributed by atoms with Crippen LogP contribution in [0.15, 0.2) is 51.8 Å². The Bertz CT molecular complexity index is 1840. The van der Waals surface area contributed by atoms with Gasteiger partial charge in [0.25, 0.3) is 10.0 Å². The first-order chi connectivity index (χ1) is 19.4. The number of nitrogens with one attached hydrogen (secondary N) is 2. The molecular formula is C28H25FN4O6S2. The lowest BCUT2D eigenvalue weighted by molar-refractivity contribution is -0.479. The number of carbonyl (C=O) groups excluding carboxylic acids is 2. The lowest BCUT2D eigenvalue weighted by Gasteiger charge is -2.95. The maximum absolute atomic E-state index is 14.2. The van der Waals surface area contributed by atoms with E-state index in [9.17, 15) is 30.8 Å². The van der Waals surface area contributed by atoms with E-state index in [1.165, 1.54) is 24.3 Å². The number of ketones is 1. The SMILES string of the molecule is CS(=O)(=O)Nc1ccc2c(c1)S(=O)(=O)N=C(C1C(=O)[C@@H]3C4C5C6C7C5C(C7C64)[C@@H]3N(Cc3ccc(F)cc3)C1=O)N2. The molecule has 8 aliphatic rings. The van der Waals surface area contributed by atoms with Crippen LogP contribution in [-0.4, -0.2) is 51.6 Å². The van der Waals surface area contributed by atoms with Crippen molar-refractivity contribution < 1.29 is 30.8 Å². The number of fused-ring (bicyclic) bond motifs is 1. The third kappa shape index (κ3) is 2.88. The van der Waals surface area contributed by atoms with Crippen LogP contribution in [0.5, 0.6) is 0 Å². The summed E-state index contributed by atoms with van der Waals surface area (Å²) < 4.78 is 69.7. The van der Waals surface area contributed by atoms with Gasteiger partial charge in [-0.3, -0.25) is 14.3 Å². The Labute approximate surface area is 235 Å². The second-order valence-electron chi connectivity index (χ2n) is 12.7. The number of nitrogens with zero attached hydrogens (tertiary/aromatic N) is 2. The quantitative estimate of drug-likeness (QED) is 0.503. The van der Waals surface area contributed by atoms with Gasteiger partial charge in [-0.2, -0.15) is 8.42 Å². The number of amides is 1. The predicted octanol–water partition coefficient (Wildman–Crippen LogP) is 1.92. The first-order valence-corrected chi connectivity index (χ1v) is 17.1. The molecule has 5 unspecified atom stereocenters. The minimum Gasteiger partial charge on any atom is -0.341 e. The van der Waals surface area contributed by atoms with E-state index < -0.39 is 31.9 Å². The number of carbonyl (C=O) groups is 2. The molecule has 1 saturated heterocycles. The average Bonchev–Trinajstić information content (AvgIpc) is 2.87. The molecule has 41 heavy (non-hydrogen) atoms. The zero-order valence-electron chi connectivity index (χ0n) is 21.6. The molecule has 6 saturated carbocycles. The number of halogens is 1. The van der Waals surface area contributed by atoms with Crippen LogP contribution in [0.4, 0.5) is 15.8 Å². The van der Waals surface area contributed by atoms with Gasteiger partial charge in [-0.25, -0.2) is 12.8 Å². The number of hydrogen-bond acceptors (Lipinski definition) is 7. The van der Waals surface area contributed by atoms with E-state index in [0.29, 0.717) is 29.6 Å². The van der Waals surface area contributed by atoms with Gasteiger partial charge in [0.2, 0.25) is 15.9 Å². The number of likely N-dealkylation sites (tertiary alicyclic amines) is 1. The number of Topliss-reactive ketones (excluding diaryl/α,β-unsaturated/α-hetero) is 1. The van der Waals surface area contributed by atoms with Gasteiger partial charge in [0, 0.05) is 24.2 Å². The molecule has 2 aromatic rings. The standard InChI is InChI=1S/C28H25FN4O6S2/c1-40(36,37)31-12-6-7-13-14(8-12)41(38,39)32-27(30-13)24-26(34)23-21-17-15-16-19(17)22(20(16)18(15)21)25(23)33(28(24)35)9-10-2-4-11(29)5-3-10/h2-8,15-25,31H,9H2,1H3,(H,30,32)/t15?,16?,17?,18?,19?,20?,21?,22?,23-,24?,25+/m1/s1. The van der Waals surface area contributed by atoms with Crippen LogP contribution in [0.25, 0.3) is 0 Å². The topological polar surface area (TPSA) is 142 Å². The van der Waals surface area contributed by atoms with Crippen molar-refractivity contribution in [3.8, 4) is 0 Å². The summed E-state index contributed by atoms with van der Waals surface area (Å²) in [6.07, 6.45) is 0.952. The molecule has 2 aromatic carbocycles. The third-order valence-corrected chi connectivity index (χ3v) is 13.1. The summed E-state index contributed by atoms with van der Waals surface area (Å²) in [6, 6.07) is 9.66. The van der Waals surface area contributed by atoms with E-state index in [2.05, 4.69) is 14.4 Å². The zero-order chi connectivity index (χ0) is 28.3. The van der Waals surface area contributed by atoms with E-state index in [1.807, 2.05) is 0 Å². The van der Waals surface area contributed by atoms with Gasteiger partial charge in [-0.1, -0.05) is 12.1 Å². The molecule has 212 valence electrons. The zero-order valence-corrected chi connectivity index (χ0v) is 23.3. The van der Waals surface area contributed by atoms with Crippen molar-refractivity contribution in [2.45, 2.75) is 17.5 Å². The summed E-state index contributed by atoms with van der Waals surface area (Å²) in [5.74, 6) is 1.00. The first-order valence-electron chi connectivity index (χ1n) is 13.8. The summed E-state index contributed by atoms with van der Waals surface area (Å²) in [7, 11) is -8.01. The second kappa shape index (κ2) is 7.35. The minimum absolute atomic E-state index is 0.0479. The number of piperidine rings is 1. The lowest BCUT2D eigenvalue weighted by atomic mass is 9.09. The van der Waals surface area contributed by atoms with Gasteiger partial charge >= 0.3 is 0 Å². The highest BCUT2D eigenvalue weighted by Crippen LogP contribution is 2.93. The number of rotatable bonds is 5. The van der Waals surface area contributed by atoms with Crippen LogP contribution < -0.4 is 10.0 Å². The highest BCUT2D eigenvalue weighted by Gasteiger charge is 2.92. The Morgan fingerprint density at radius 1 is 0.951 bits per heavy atom. The molecule has 10 rings (SSSR count). The minimum atomic E-state index is -4.36. The van der Waals surface area contributed by atoms with Crippen molar-refractivity contribution in [2.24, 2.45) is 63.6 Å². The van der Waals surface area contributed by atoms with E-state index in [-0.39, 0.29) is 64.0 Å². The molecule has 2 aliphatic heterocycles. The highest BCUT2D eigenvalue weighted by molar-refractivity contribution is 7.92. The molecule has 1 amide bonds. The van der Waals surface area contributed by atoms with E-state index >= 15 is 0 Å². The fourth-order valence-corrected chi connectivity index (χ4v) is 11.9. The molecule has 0 radical (unpaired) electrons. The first kappa shape index (κ1) is 24.3. The maximum atomic E-state index is 14.2. The van der Waals surface area contributed by atoms with Gasteiger partial charge in [0.05, 0.1) is 11.9 Å². The van der Waals surface area contributed by atoms with Gasteiger partial charge in [0.15, 0.2) is 11.7 Å². The number of amidine groups is 1. The Morgan fingerprint density at radius 3 is 2.24 bits per heavy atom. The van der Waals surface area contributed by atoms with Crippen molar-refractivity contribution in [1.29, 1.82) is 0 Å². The number of benzene rings is 2. The summed E-state index contributed by atoms with van der Waals surface area (Å²) in [5, 5.41) is 2.92. The van der Waals surface area contributed by atoms with E-state index in [0.717, 1.165) is 23.8 Å². The highest BCUT2D eigenvalue weighted by atomic mass is 32.2. The van der Waals surface area contributed by atoms with Gasteiger partial charge in [0.1, 0.15) is 16.5 Å². The van der Waals surface area contributed by atoms with Crippen molar-refractivity contribution in [3.63, 3.8) is 0 Å². The lowest BCUT2D eigenvalue weighted by Crippen LogP contribution is -2.95. The molecule has 0 aromatic heterocycles. The molecule has 2 heterocycles. The van der Waals surface area contributed by atoms with Crippen molar-refractivity contribution in [2.75, 3.05) is 16.3 Å². The van der Waals surface area contributed by atoms with Crippen LogP contribution in [0, 0.1) is 65.0 Å². The molecule has 7 fully saturated rings. The molecule has 0 spiro atoms. The number of sulfonamides is 2. The van der Waals surface area contributed by atoms with Gasteiger partial charge in [-0.15, -0.1) is 4.40 Å². The fourth-order valence-electron chi connectivity index (χ4n) is 10.1. The molecule has 7 atom stereocenters. The van der Waals surface area contributed by atoms with Crippen LogP contribution in [0.3, 0.4) is 0 Å². The Balaban J connectivity index is 1.11. The summed E-state index contributed by atoms with van der Waals surface area (Å²) >= 11 is 0. The predicted molar refractivity (Wildman–Crippen MR) is 144 cm³/mol. The number of anilines is 2. The summed E-state index contributed by atoms with van der Waals surface area (Å²) in [4.78, 5) is 30.0. The Kier molecular flexibility index (Phi) is 4.36. The Morgan fingerprint density at radius 2 is 1.59 bits per heavy atom. The molecule has 2 N–H and O–H groups in total. The number of hydrogen-bond donors (Lipinski definition) is 2. The summed E-state index contributed by atoms with van der Waals surface area (Å²) in [6.45, 7) is 0.202. The molecule has 10 nitrogen and oxygen atoms in total. The largest absolute Gasteiger partial charge is 0.341 e. The van der Waals surface area contributed by atoms with Crippen molar-refractivity contribution in [3.05, 3.63) is 53.8 Å². The molecule has 6 aliphatic carbocycles. The van der Waals surface area contributed by atoms with E-state index in [1.54, 1.807) is 17.0 Å². The average molecular weight is 597 g/mol. The second-order valence-corrected chi connectivity index (χ2v) is 16.0. The molecular weight excluding hydrogens is 571 g/mol. The van der Waals surface area contributed by atoms with Crippen LogP contribution in [0.1, 0.15) is 5.56 Å². The van der Waals surface area contributed by atoms with Crippen LogP contribution in [-0.2, 0) is 36.2 Å². The Hall–Kier alpha value is -3.32. The smallest absolute Gasteiger partial charge is 0.286 e. The maximum Gasteiger partial charge on any atom is 0.286 e. The molecule has 2 bridgehead atoms. The van der Waals surface area contributed by atoms with Gasteiger partial charge in [-0.05, 0) is 83.2 Å². The van der Waals surface area contributed by atoms with Crippen LogP contribution >= 0.6 is 0 Å². The van der Waals surface area contributed by atoms with Crippen molar-refractivity contribution >= 4 is 48.9 Å². The van der Waals surface area contributed by atoms with Crippen molar-refractivity contribution in [1.82, 2.24) is 4.90 Å². The molecule has 13 heteroatoms. The normalized spacial score (nSPS) is 41.3. The monoisotopic (exact) mass is 596 g/mol. The van der Waals surface area contributed by atoms with Crippen LogP contribution in [0.2, 0.25) is 0 Å². The summed E-state index contributed by atoms with van der Waals surface area (Å²) in [5.41, 5.74) is 0.896. The van der Waals surface area contributed by atoms with E-state index in [4.69, 9.17) is 0 Å². The fraction of sp³-hybridized carbons (Fsp3) is 0.464.